The van der Waals surface area contributed by atoms with Gasteiger partial charge in [-0.2, -0.15) is 12.6 Å². The zero-order chi connectivity index (χ0) is 13.6. The highest BCUT2D eigenvalue weighted by Gasteiger charge is 2.43. The van der Waals surface area contributed by atoms with Crippen LogP contribution in [0, 0.1) is 11.8 Å². The van der Waals surface area contributed by atoms with Crippen molar-refractivity contribution in [3.63, 3.8) is 0 Å². The highest BCUT2D eigenvalue weighted by Crippen LogP contribution is 2.51. The van der Waals surface area contributed by atoms with Gasteiger partial charge < -0.3 is 10.2 Å². The Hall–Kier alpha value is -0.450. The van der Waals surface area contributed by atoms with Crippen LogP contribution in [0.2, 0.25) is 0 Å². The second-order valence-corrected chi connectivity index (χ2v) is 6.64. The number of phenolic OH excluding ortho intramolecular Hbond substituents is 1. The lowest BCUT2D eigenvalue weighted by molar-refractivity contribution is 0.184. The van der Waals surface area contributed by atoms with Gasteiger partial charge in [-0.05, 0) is 52.4 Å². The smallest absolute Gasteiger partial charge is 0.133 e. The molecule has 1 saturated carbocycles. The summed E-state index contributed by atoms with van der Waals surface area (Å²) in [7, 11) is 0. The lowest BCUT2D eigenvalue weighted by atomic mass is 9.84. The molecule has 3 atom stereocenters. The SMILES string of the molecule is Oc1c(Br)cccc1[C@H]1[C@H](CS)C(C2CC2)=C[C@@H]1O. The third-order valence-corrected chi connectivity index (χ3v) is 5.25. The van der Waals surface area contributed by atoms with Crippen LogP contribution < -0.4 is 0 Å². The number of aliphatic hydroxyl groups excluding tert-OH is 1. The number of rotatable bonds is 3. The van der Waals surface area contributed by atoms with E-state index in [-0.39, 0.29) is 17.6 Å². The molecule has 102 valence electrons. The van der Waals surface area contributed by atoms with Gasteiger partial charge in [-0.1, -0.05) is 23.8 Å². The first-order chi connectivity index (χ1) is 9.13. The number of phenols is 1. The predicted molar refractivity (Wildman–Crippen MR) is 82.7 cm³/mol. The highest BCUT2D eigenvalue weighted by atomic mass is 79.9. The molecule has 0 saturated heterocycles. The van der Waals surface area contributed by atoms with E-state index in [1.165, 1.54) is 18.4 Å². The molecule has 0 spiro atoms. The van der Waals surface area contributed by atoms with E-state index in [1.54, 1.807) is 0 Å². The first-order valence-electron chi connectivity index (χ1n) is 6.61. The third-order valence-electron chi connectivity index (χ3n) is 4.22. The Labute approximate surface area is 127 Å². The minimum atomic E-state index is -0.520. The molecule has 1 aromatic carbocycles. The minimum Gasteiger partial charge on any atom is -0.506 e. The van der Waals surface area contributed by atoms with Gasteiger partial charge in [0.2, 0.25) is 0 Å². The van der Waals surface area contributed by atoms with E-state index in [2.05, 4.69) is 28.6 Å². The Morgan fingerprint density at radius 1 is 1.32 bits per heavy atom. The molecular formula is C15H17BrO2S. The van der Waals surface area contributed by atoms with E-state index in [9.17, 15) is 10.2 Å². The predicted octanol–water partition coefficient (Wildman–Crippen LogP) is 3.50. The molecule has 4 heteroatoms. The average Bonchev–Trinajstić information content (AvgIpc) is 3.17. The number of halogens is 1. The Morgan fingerprint density at radius 3 is 2.68 bits per heavy atom. The van der Waals surface area contributed by atoms with E-state index in [4.69, 9.17) is 0 Å². The maximum absolute atomic E-state index is 10.4. The molecule has 2 aliphatic carbocycles. The van der Waals surface area contributed by atoms with Gasteiger partial charge in [0.25, 0.3) is 0 Å². The third kappa shape index (κ3) is 2.34. The lowest BCUT2D eigenvalue weighted by Gasteiger charge is -2.25. The Bertz CT molecular complexity index is 525. The van der Waals surface area contributed by atoms with Crippen LogP contribution in [0.25, 0.3) is 0 Å². The van der Waals surface area contributed by atoms with Gasteiger partial charge in [0.15, 0.2) is 0 Å². The first-order valence-corrected chi connectivity index (χ1v) is 8.04. The number of para-hydroxylation sites is 1. The van der Waals surface area contributed by atoms with Crippen molar-refractivity contribution in [2.75, 3.05) is 5.75 Å². The molecule has 3 rings (SSSR count). The molecule has 0 amide bonds. The number of allylic oxidation sites excluding steroid dienone is 1. The van der Waals surface area contributed by atoms with Gasteiger partial charge in [-0.25, -0.2) is 0 Å². The van der Waals surface area contributed by atoms with Crippen molar-refractivity contribution < 1.29 is 10.2 Å². The summed E-state index contributed by atoms with van der Waals surface area (Å²) in [5.41, 5.74) is 2.15. The van der Waals surface area contributed by atoms with E-state index in [1.807, 2.05) is 24.3 Å². The summed E-state index contributed by atoms with van der Waals surface area (Å²) < 4.78 is 0.676. The van der Waals surface area contributed by atoms with E-state index in [0.29, 0.717) is 16.1 Å². The Balaban J connectivity index is 1.98. The number of hydrogen-bond acceptors (Lipinski definition) is 3. The fourth-order valence-corrected chi connectivity index (χ4v) is 3.97. The summed E-state index contributed by atoms with van der Waals surface area (Å²) in [5, 5.41) is 20.6. The second kappa shape index (κ2) is 5.15. The molecule has 0 radical (unpaired) electrons. The fourth-order valence-electron chi connectivity index (χ4n) is 3.15. The standard InChI is InChI=1S/C15H17BrO2S/c16-12-3-1-2-9(15(12)18)14-11(7-19)10(6-13(14)17)8-4-5-8/h1-3,6,8,11,13-14,17-19H,4-5,7H2/t11-,13+,14+/m1/s1. The summed E-state index contributed by atoms with van der Waals surface area (Å²) in [5.74, 6) is 1.72. The molecule has 0 unspecified atom stereocenters. The van der Waals surface area contributed by atoms with Crippen molar-refractivity contribution in [2.45, 2.75) is 24.9 Å². The van der Waals surface area contributed by atoms with Crippen LogP contribution in [-0.4, -0.2) is 22.1 Å². The van der Waals surface area contributed by atoms with E-state index in [0.717, 1.165) is 5.56 Å². The zero-order valence-corrected chi connectivity index (χ0v) is 12.9. The van der Waals surface area contributed by atoms with Gasteiger partial charge in [0, 0.05) is 11.5 Å². The van der Waals surface area contributed by atoms with Crippen molar-refractivity contribution in [3.8, 4) is 5.75 Å². The quantitative estimate of drug-likeness (QED) is 0.582. The van der Waals surface area contributed by atoms with Crippen molar-refractivity contribution >= 4 is 28.6 Å². The van der Waals surface area contributed by atoms with Crippen molar-refractivity contribution in [3.05, 3.63) is 39.9 Å². The molecule has 2 aliphatic rings. The average molecular weight is 341 g/mol. The van der Waals surface area contributed by atoms with Crippen molar-refractivity contribution in [1.82, 2.24) is 0 Å². The van der Waals surface area contributed by atoms with Crippen LogP contribution in [0.15, 0.2) is 34.3 Å². The van der Waals surface area contributed by atoms with Crippen LogP contribution in [-0.2, 0) is 0 Å². The number of hydrogen-bond donors (Lipinski definition) is 3. The molecule has 19 heavy (non-hydrogen) atoms. The summed E-state index contributed by atoms with van der Waals surface area (Å²) in [6, 6.07) is 5.61. The normalized spacial score (nSPS) is 30.5. The largest absolute Gasteiger partial charge is 0.506 e. The maximum atomic E-state index is 10.4. The summed E-state index contributed by atoms with van der Waals surface area (Å²) in [6.07, 6.45) is 3.91. The highest BCUT2D eigenvalue weighted by molar-refractivity contribution is 9.10. The molecule has 1 aromatic rings. The number of aromatic hydroxyl groups is 1. The second-order valence-electron chi connectivity index (χ2n) is 5.42. The monoisotopic (exact) mass is 340 g/mol. The fraction of sp³-hybridized carbons (Fsp3) is 0.467. The molecular weight excluding hydrogens is 324 g/mol. The molecule has 0 bridgehead atoms. The number of thiol groups is 1. The lowest BCUT2D eigenvalue weighted by Crippen LogP contribution is -2.20. The Kier molecular flexibility index (Phi) is 3.67. The molecule has 2 nitrogen and oxygen atoms in total. The summed E-state index contributed by atoms with van der Waals surface area (Å²) in [4.78, 5) is 0. The first kappa shape index (κ1) is 13.5. The molecule has 0 heterocycles. The zero-order valence-electron chi connectivity index (χ0n) is 10.5. The summed E-state index contributed by atoms with van der Waals surface area (Å²) >= 11 is 7.81. The van der Waals surface area contributed by atoms with Crippen LogP contribution in [0.1, 0.15) is 24.3 Å². The number of benzene rings is 1. The van der Waals surface area contributed by atoms with Gasteiger partial charge in [0.05, 0.1) is 10.6 Å². The van der Waals surface area contributed by atoms with E-state index >= 15 is 0 Å². The maximum Gasteiger partial charge on any atom is 0.133 e. The van der Waals surface area contributed by atoms with Crippen LogP contribution in [0.5, 0.6) is 5.75 Å². The van der Waals surface area contributed by atoms with Crippen molar-refractivity contribution in [2.24, 2.45) is 11.8 Å². The van der Waals surface area contributed by atoms with Gasteiger partial charge >= 0.3 is 0 Å². The molecule has 0 aromatic heterocycles. The summed E-state index contributed by atoms with van der Waals surface area (Å²) in [6.45, 7) is 0. The van der Waals surface area contributed by atoms with E-state index < -0.39 is 6.10 Å². The van der Waals surface area contributed by atoms with Gasteiger partial charge in [0.1, 0.15) is 5.75 Å². The molecule has 1 fully saturated rings. The molecule has 0 aliphatic heterocycles. The van der Waals surface area contributed by atoms with Gasteiger partial charge in [-0.3, -0.25) is 0 Å². The minimum absolute atomic E-state index is 0.0781. The Morgan fingerprint density at radius 2 is 2.05 bits per heavy atom. The van der Waals surface area contributed by atoms with Crippen molar-refractivity contribution in [1.29, 1.82) is 0 Å². The topological polar surface area (TPSA) is 40.5 Å². The number of aliphatic hydroxyl groups is 1. The van der Waals surface area contributed by atoms with Gasteiger partial charge in [-0.15, -0.1) is 0 Å². The molecule has 2 N–H and O–H groups in total. The van der Waals surface area contributed by atoms with Crippen LogP contribution in [0.4, 0.5) is 0 Å². The van der Waals surface area contributed by atoms with Crippen LogP contribution >= 0.6 is 28.6 Å². The van der Waals surface area contributed by atoms with Crippen LogP contribution in [0.3, 0.4) is 0 Å².